The first-order valence-electron chi connectivity index (χ1n) is 7.27. The molecule has 0 saturated carbocycles. The highest BCUT2D eigenvalue weighted by atomic mass is 32.2. The summed E-state index contributed by atoms with van der Waals surface area (Å²) in [6, 6.07) is 21.9. The van der Waals surface area contributed by atoms with Gasteiger partial charge in [0.25, 0.3) is 10.0 Å². The van der Waals surface area contributed by atoms with Gasteiger partial charge >= 0.3 is 0 Å². The molecular weight excluding hydrogens is 308 g/mol. The summed E-state index contributed by atoms with van der Waals surface area (Å²) in [5.74, 6) is 0. The summed E-state index contributed by atoms with van der Waals surface area (Å²) in [6.07, 6.45) is 0. The van der Waals surface area contributed by atoms with E-state index in [1.54, 1.807) is 43.4 Å². The Bertz CT molecular complexity index is 917. The molecule has 3 aromatic rings. The van der Waals surface area contributed by atoms with Gasteiger partial charge in [-0.2, -0.15) is 12.8 Å². The maximum Gasteiger partial charge on any atom is 0.278 e. The predicted octanol–water partition coefficient (Wildman–Crippen LogP) is 3.51. The number of fused-ring (bicyclic) bond motifs is 1. The molecule has 0 N–H and O–H groups in total. The van der Waals surface area contributed by atoms with Crippen molar-refractivity contribution >= 4 is 26.5 Å². The van der Waals surface area contributed by atoms with Crippen LogP contribution in [0.25, 0.3) is 10.8 Å². The number of hydrogen-bond acceptors (Lipinski definition) is 3. The lowest BCUT2D eigenvalue weighted by atomic mass is 10.1. The first-order chi connectivity index (χ1) is 11.0. The van der Waals surface area contributed by atoms with Crippen molar-refractivity contribution in [1.29, 1.82) is 0 Å². The molecular formula is C18H18N2O2S. The molecule has 3 aromatic carbocycles. The van der Waals surface area contributed by atoms with Crippen LogP contribution in [0.5, 0.6) is 0 Å². The molecule has 23 heavy (non-hydrogen) atoms. The zero-order valence-corrected chi connectivity index (χ0v) is 13.9. The van der Waals surface area contributed by atoms with Crippen LogP contribution in [0.3, 0.4) is 0 Å². The minimum atomic E-state index is -3.72. The van der Waals surface area contributed by atoms with Crippen molar-refractivity contribution in [3.63, 3.8) is 0 Å². The van der Waals surface area contributed by atoms with E-state index >= 15 is 0 Å². The third kappa shape index (κ3) is 2.81. The van der Waals surface area contributed by atoms with Crippen molar-refractivity contribution in [1.82, 2.24) is 5.01 Å². The third-order valence-corrected chi connectivity index (χ3v) is 5.50. The molecule has 5 heteroatoms. The second kappa shape index (κ2) is 6.02. The van der Waals surface area contributed by atoms with E-state index in [0.29, 0.717) is 10.6 Å². The van der Waals surface area contributed by atoms with E-state index in [2.05, 4.69) is 0 Å². The normalized spacial score (nSPS) is 11.8. The first kappa shape index (κ1) is 15.5. The highest BCUT2D eigenvalue weighted by molar-refractivity contribution is 7.93. The van der Waals surface area contributed by atoms with Crippen LogP contribution in [0.15, 0.2) is 77.7 Å². The monoisotopic (exact) mass is 326 g/mol. The van der Waals surface area contributed by atoms with E-state index in [-0.39, 0.29) is 0 Å². The molecule has 0 unspecified atom stereocenters. The van der Waals surface area contributed by atoms with Crippen LogP contribution in [-0.4, -0.2) is 27.5 Å². The van der Waals surface area contributed by atoms with Gasteiger partial charge in [-0.15, -0.1) is 0 Å². The molecule has 0 aromatic heterocycles. The molecule has 3 rings (SSSR count). The molecule has 0 spiro atoms. The largest absolute Gasteiger partial charge is 0.278 e. The standard InChI is InChI=1S/C18H18N2O2S/c1-19(2)20(16-11-4-3-5-12-16)23(21,22)18-14-8-10-15-9-6-7-13-17(15)18/h3-14H,1-2H3. The average molecular weight is 326 g/mol. The van der Waals surface area contributed by atoms with Gasteiger partial charge in [0.1, 0.15) is 0 Å². The lowest BCUT2D eigenvalue weighted by Gasteiger charge is -2.30. The highest BCUT2D eigenvalue weighted by Crippen LogP contribution is 2.29. The zero-order chi connectivity index (χ0) is 16.4. The van der Waals surface area contributed by atoms with Crippen molar-refractivity contribution in [3.8, 4) is 0 Å². The fourth-order valence-electron chi connectivity index (χ4n) is 2.65. The van der Waals surface area contributed by atoms with E-state index < -0.39 is 10.0 Å². The van der Waals surface area contributed by atoms with Gasteiger partial charge in [-0.1, -0.05) is 54.6 Å². The molecule has 0 aliphatic heterocycles. The molecule has 0 aliphatic rings. The van der Waals surface area contributed by atoms with Gasteiger partial charge in [-0.25, -0.2) is 5.01 Å². The Hall–Kier alpha value is -2.37. The topological polar surface area (TPSA) is 40.6 Å². The van der Waals surface area contributed by atoms with Crippen molar-refractivity contribution < 1.29 is 8.42 Å². The second-order valence-corrected chi connectivity index (χ2v) is 7.14. The Morgan fingerprint density at radius 1 is 0.739 bits per heavy atom. The number of rotatable bonds is 4. The minimum absolute atomic E-state index is 0.299. The summed E-state index contributed by atoms with van der Waals surface area (Å²) in [7, 11) is -0.285. The molecule has 4 nitrogen and oxygen atoms in total. The van der Waals surface area contributed by atoms with Gasteiger partial charge in [-0.3, -0.25) is 0 Å². The minimum Gasteiger partial charge on any atom is -0.213 e. The number of hydrogen-bond donors (Lipinski definition) is 0. The van der Waals surface area contributed by atoms with Gasteiger partial charge in [0.05, 0.1) is 10.6 Å². The second-order valence-electron chi connectivity index (χ2n) is 5.41. The summed E-state index contributed by atoms with van der Waals surface area (Å²) >= 11 is 0. The smallest absolute Gasteiger partial charge is 0.213 e. The molecule has 0 atom stereocenters. The number of sulfonamides is 1. The number of anilines is 1. The maximum atomic E-state index is 13.3. The van der Waals surface area contributed by atoms with E-state index in [0.717, 1.165) is 10.8 Å². The fourth-order valence-corrected chi connectivity index (χ4v) is 4.38. The SMILES string of the molecule is CN(C)N(c1ccccc1)S(=O)(=O)c1cccc2ccccc12. The number of hydrazine groups is 1. The van der Waals surface area contributed by atoms with Crippen LogP contribution in [0, 0.1) is 0 Å². The van der Waals surface area contributed by atoms with Crippen molar-refractivity contribution in [2.24, 2.45) is 0 Å². The summed E-state index contributed by atoms with van der Waals surface area (Å²) in [5.41, 5.74) is 0.602. The summed E-state index contributed by atoms with van der Waals surface area (Å²) < 4.78 is 27.9. The van der Waals surface area contributed by atoms with Crippen LogP contribution in [-0.2, 0) is 10.0 Å². The Balaban J connectivity index is 2.23. The maximum absolute atomic E-state index is 13.3. The quantitative estimate of drug-likeness (QED) is 0.689. The molecule has 118 valence electrons. The number of para-hydroxylation sites is 1. The van der Waals surface area contributed by atoms with Crippen LogP contribution < -0.4 is 4.41 Å². The lowest BCUT2D eigenvalue weighted by Crippen LogP contribution is -2.42. The Morgan fingerprint density at radius 3 is 2.04 bits per heavy atom. The van der Waals surface area contributed by atoms with Crippen LogP contribution >= 0.6 is 0 Å². The van der Waals surface area contributed by atoms with E-state index in [1.807, 2.05) is 48.5 Å². The third-order valence-electron chi connectivity index (χ3n) is 3.60. The molecule has 0 aliphatic carbocycles. The predicted molar refractivity (Wildman–Crippen MR) is 93.7 cm³/mol. The van der Waals surface area contributed by atoms with Gasteiger partial charge in [0.15, 0.2) is 0 Å². The average Bonchev–Trinajstić information content (AvgIpc) is 2.54. The van der Waals surface area contributed by atoms with Gasteiger partial charge in [0.2, 0.25) is 0 Å². The molecule has 0 amide bonds. The Morgan fingerprint density at radius 2 is 1.35 bits per heavy atom. The molecule has 0 heterocycles. The Labute approximate surface area is 136 Å². The van der Waals surface area contributed by atoms with Crippen LogP contribution in [0.1, 0.15) is 0 Å². The fraction of sp³-hybridized carbons (Fsp3) is 0.111. The molecule has 0 saturated heterocycles. The Kier molecular flexibility index (Phi) is 4.07. The summed E-state index contributed by atoms with van der Waals surface area (Å²) in [5, 5.41) is 3.20. The summed E-state index contributed by atoms with van der Waals surface area (Å²) in [6.45, 7) is 0. The molecule has 0 fully saturated rings. The van der Waals surface area contributed by atoms with E-state index in [4.69, 9.17) is 0 Å². The summed E-state index contributed by atoms with van der Waals surface area (Å²) in [4.78, 5) is 0.299. The van der Waals surface area contributed by atoms with Gasteiger partial charge in [-0.05, 0) is 23.6 Å². The van der Waals surface area contributed by atoms with Crippen molar-refractivity contribution in [3.05, 3.63) is 72.8 Å². The van der Waals surface area contributed by atoms with E-state index in [1.165, 1.54) is 4.41 Å². The van der Waals surface area contributed by atoms with Crippen LogP contribution in [0.4, 0.5) is 5.69 Å². The molecule has 0 radical (unpaired) electrons. The molecule has 0 bridgehead atoms. The first-order valence-corrected chi connectivity index (χ1v) is 8.71. The van der Waals surface area contributed by atoms with Crippen molar-refractivity contribution in [2.45, 2.75) is 4.90 Å². The van der Waals surface area contributed by atoms with Gasteiger partial charge < -0.3 is 0 Å². The van der Waals surface area contributed by atoms with Crippen LogP contribution in [0.2, 0.25) is 0 Å². The zero-order valence-electron chi connectivity index (χ0n) is 13.0. The highest BCUT2D eigenvalue weighted by Gasteiger charge is 2.28. The van der Waals surface area contributed by atoms with Crippen molar-refractivity contribution in [2.75, 3.05) is 18.5 Å². The van der Waals surface area contributed by atoms with E-state index in [9.17, 15) is 8.42 Å². The number of nitrogens with zero attached hydrogens (tertiary/aromatic N) is 2. The van der Waals surface area contributed by atoms with Gasteiger partial charge in [0, 0.05) is 19.5 Å². The lowest BCUT2D eigenvalue weighted by molar-refractivity contribution is 0.425. The number of benzene rings is 3.